The van der Waals surface area contributed by atoms with Crippen LogP contribution >= 0.6 is 0 Å². The molecule has 0 fully saturated rings. The molecule has 0 saturated heterocycles. The maximum atomic E-state index is 13.2. The van der Waals surface area contributed by atoms with E-state index in [0.29, 0.717) is 24.9 Å². The molecule has 0 aliphatic carbocycles. The van der Waals surface area contributed by atoms with E-state index in [4.69, 9.17) is 5.73 Å². The topological polar surface area (TPSA) is 55.1 Å². The highest BCUT2D eigenvalue weighted by molar-refractivity contribution is 5.75. The Morgan fingerprint density at radius 3 is 2.82 bits per heavy atom. The zero-order valence-electron chi connectivity index (χ0n) is 10.3. The monoisotopic (exact) mass is 238 g/mol. The van der Waals surface area contributed by atoms with E-state index in [1.807, 2.05) is 13.0 Å². The zero-order chi connectivity index (χ0) is 12.8. The van der Waals surface area contributed by atoms with E-state index in [0.717, 1.165) is 5.56 Å². The second-order valence-electron chi connectivity index (χ2n) is 4.38. The summed E-state index contributed by atoms with van der Waals surface area (Å²) >= 11 is 0. The van der Waals surface area contributed by atoms with E-state index in [2.05, 4.69) is 5.32 Å². The molecule has 94 valence electrons. The standard InChI is InChI=1S/C13H19FN2O/c1-9-3-5-11(7-12(9)14)8-16-13(17)6-4-10(2)15/h3,5,7,10H,4,6,8,15H2,1-2H3,(H,16,17). The van der Waals surface area contributed by atoms with Crippen molar-refractivity contribution < 1.29 is 9.18 Å². The molecule has 0 bridgehead atoms. The summed E-state index contributed by atoms with van der Waals surface area (Å²) in [4.78, 5) is 11.4. The Morgan fingerprint density at radius 1 is 1.53 bits per heavy atom. The fraction of sp³-hybridized carbons (Fsp3) is 0.462. The summed E-state index contributed by atoms with van der Waals surface area (Å²) in [7, 11) is 0. The minimum Gasteiger partial charge on any atom is -0.352 e. The molecule has 3 nitrogen and oxygen atoms in total. The van der Waals surface area contributed by atoms with Crippen molar-refractivity contribution in [1.29, 1.82) is 0 Å². The van der Waals surface area contributed by atoms with Gasteiger partial charge in [-0.2, -0.15) is 0 Å². The third-order valence-corrected chi connectivity index (χ3v) is 2.55. The Kier molecular flexibility index (Phi) is 5.10. The number of rotatable bonds is 5. The first kappa shape index (κ1) is 13.6. The van der Waals surface area contributed by atoms with Crippen LogP contribution in [-0.2, 0) is 11.3 Å². The molecule has 0 saturated carbocycles. The van der Waals surface area contributed by atoms with E-state index in [9.17, 15) is 9.18 Å². The second-order valence-corrected chi connectivity index (χ2v) is 4.38. The molecule has 1 atom stereocenters. The molecular weight excluding hydrogens is 219 g/mol. The highest BCUT2D eigenvalue weighted by Crippen LogP contribution is 2.08. The van der Waals surface area contributed by atoms with E-state index in [1.54, 1.807) is 13.0 Å². The SMILES string of the molecule is Cc1ccc(CNC(=O)CCC(C)N)cc1F. The van der Waals surface area contributed by atoms with Gasteiger partial charge in [-0.25, -0.2) is 4.39 Å². The minimum absolute atomic E-state index is 0.0255. The lowest BCUT2D eigenvalue weighted by Crippen LogP contribution is -2.25. The Hall–Kier alpha value is -1.42. The molecule has 1 aromatic carbocycles. The summed E-state index contributed by atoms with van der Waals surface area (Å²) < 4.78 is 13.2. The van der Waals surface area contributed by atoms with Gasteiger partial charge in [-0.05, 0) is 37.5 Å². The van der Waals surface area contributed by atoms with Crippen molar-refractivity contribution >= 4 is 5.91 Å². The molecule has 17 heavy (non-hydrogen) atoms. The van der Waals surface area contributed by atoms with Gasteiger partial charge in [0.05, 0.1) is 0 Å². The first-order valence-corrected chi connectivity index (χ1v) is 5.76. The lowest BCUT2D eigenvalue weighted by atomic mass is 10.1. The average Bonchev–Trinajstić information content (AvgIpc) is 2.28. The number of amides is 1. The predicted molar refractivity (Wildman–Crippen MR) is 65.9 cm³/mol. The van der Waals surface area contributed by atoms with Gasteiger partial charge in [-0.1, -0.05) is 12.1 Å². The van der Waals surface area contributed by atoms with Crippen molar-refractivity contribution in [2.45, 2.75) is 39.3 Å². The molecule has 1 unspecified atom stereocenters. The van der Waals surface area contributed by atoms with Crippen LogP contribution < -0.4 is 11.1 Å². The van der Waals surface area contributed by atoms with E-state index < -0.39 is 0 Å². The molecule has 1 rings (SSSR count). The van der Waals surface area contributed by atoms with Crippen LogP contribution in [0.4, 0.5) is 4.39 Å². The second kappa shape index (κ2) is 6.35. The highest BCUT2D eigenvalue weighted by Gasteiger charge is 2.04. The van der Waals surface area contributed by atoms with Gasteiger partial charge in [0, 0.05) is 19.0 Å². The van der Waals surface area contributed by atoms with E-state index in [-0.39, 0.29) is 17.8 Å². The number of carbonyl (C=O) groups excluding carboxylic acids is 1. The number of benzene rings is 1. The van der Waals surface area contributed by atoms with Crippen molar-refractivity contribution in [3.63, 3.8) is 0 Å². The first-order valence-electron chi connectivity index (χ1n) is 5.76. The summed E-state index contributed by atoms with van der Waals surface area (Å²) in [6, 6.07) is 4.99. The van der Waals surface area contributed by atoms with Gasteiger partial charge in [0.25, 0.3) is 0 Å². The Labute approximate surface area is 101 Å². The van der Waals surface area contributed by atoms with E-state index >= 15 is 0 Å². The fourth-order valence-corrected chi connectivity index (χ4v) is 1.39. The molecule has 0 aliphatic rings. The molecule has 0 aliphatic heterocycles. The number of carbonyl (C=O) groups is 1. The number of nitrogens with two attached hydrogens (primary N) is 1. The number of nitrogens with one attached hydrogen (secondary N) is 1. The Balaban J connectivity index is 2.39. The number of hydrogen-bond donors (Lipinski definition) is 2. The summed E-state index contributed by atoms with van der Waals surface area (Å²) in [6.07, 6.45) is 1.07. The summed E-state index contributed by atoms with van der Waals surface area (Å²) in [5, 5.41) is 2.74. The van der Waals surface area contributed by atoms with Gasteiger partial charge in [-0.15, -0.1) is 0 Å². The number of halogens is 1. The van der Waals surface area contributed by atoms with E-state index in [1.165, 1.54) is 6.07 Å². The Bertz CT molecular complexity index is 391. The maximum absolute atomic E-state index is 13.2. The van der Waals surface area contributed by atoms with Gasteiger partial charge < -0.3 is 11.1 Å². The lowest BCUT2D eigenvalue weighted by Gasteiger charge is -2.07. The highest BCUT2D eigenvalue weighted by atomic mass is 19.1. The van der Waals surface area contributed by atoms with Crippen LogP contribution in [0.1, 0.15) is 30.9 Å². The van der Waals surface area contributed by atoms with Gasteiger partial charge >= 0.3 is 0 Å². The van der Waals surface area contributed by atoms with Crippen molar-refractivity contribution in [3.05, 3.63) is 35.1 Å². The van der Waals surface area contributed by atoms with Crippen LogP contribution in [0.3, 0.4) is 0 Å². The molecule has 3 N–H and O–H groups in total. The molecular formula is C13H19FN2O. The Morgan fingerprint density at radius 2 is 2.24 bits per heavy atom. The predicted octanol–water partition coefficient (Wildman–Crippen LogP) is 1.88. The van der Waals surface area contributed by atoms with Crippen molar-refractivity contribution in [1.82, 2.24) is 5.32 Å². The summed E-state index contributed by atoms with van der Waals surface area (Å²) in [5.41, 5.74) is 6.93. The summed E-state index contributed by atoms with van der Waals surface area (Å²) in [6.45, 7) is 3.93. The average molecular weight is 238 g/mol. The molecule has 0 aromatic heterocycles. The lowest BCUT2D eigenvalue weighted by molar-refractivity contribution is -0.121. The van der Waals surface area contributed by atoms with Gasteiger partial charge in [0.2, 0.25) is 5.91 Å². The fourth-order valence-electron chi connectivity index (χ4n) is 1.39. The van der Waals surface area contributed by atoms with Crippen LogP contribution in [0.2, 0.25) is 0 Å². The largest absolute Gasteiger partial charge is 0.352 e. The third-order valence-electron chi connectivity index (χ3n) is 2.55. The first-order chi connectivity index (χ1) is 7.99. The minimum atomic E-state index is -0.243. The maximum Gasteiger partial charge on any atom is 0.220 e. The molecule has 0 heterocycles. The molecule has 4 heteroatoms. The van der Waals surface area contributed by atoms with Gasteiger partial charge in [0.15, 0.2) is 0 Å². The van der Waals surface area contributed by atoms with Gasteiger partial charge in [-0.3, -0.25) is 4.79 Å². The zero-order valence-corrected chi connectivity index (χ0v) is 10.3. The van der Waals surface area contributed by atoms with Crippen molar-refractivity contribution in [2.24, 2.45) is 5.73 Å². The van der Waals surface area contributed by atoms with Crippen LogP contribution in [0, 0.1) is 12.7 Å². The molecule has 0 spiro atoms. The molecule has 1 amide bonds. The van der Waals surface area contributed by atoms with Crippen molar-refractivity contribution in [3.8, 4) is 0 Å². The van der Waals surface area contributed by atoms with Crippen LogP contribution in [0.15, 0.2) is 18.2 Å². The smallest absolute Gasteiger partial charge is 0.220 e. The van der Waals surface area contributed by atoms with Crippen LogP contribution in [0.25, 0.3) is 0 Å². The quantitative estimate of drug-likeness (QED) is 0.823. The van der Waals surface area contributed by atoms with Crippen molar-refractivity contribution in [2.75, 3.05) is 0 Å². The number of hydrogen-bond acceptors (Lipinski definition) is 2. The third kappa shape index (κ3) is 4.95. The molecule has 0 radical (unpaired) electrons. The van der Waals surface area contributed by atoms with Crippen LogP contribution in [0.5, 0.6) is 0 Å². The number of aryl methyl sites for hydroxylation is 1. The normalized spacial score (nSPS) is 12.2. The summed E-state index contributed by atoms with van der Waals surface area (Å²) in [5.74, 6) is -0.296. The molecule has 1 aromatic rings. The van der Waals surface area contributed by atoms with Crippen LogP contribution in [-0.4, -0.2) is 11.9 Å². The van der Waals surface area contributed by atoms with Gasteiger partial charge in [0.1, 0.15) is 5.82 Å².